The second kappa shape index (κ2) is 15.3. The Morgan fingerprint density at radius 3 is 2.45 bits per heavy atom. The number of hydrogen-bond acceptors (Lipinski definition) is 13. The molecule has 3 saturated heterocycles. The van der Waals surface area contributed by atoms with Gasteiger partial charge in [-0.15, -0.1) is 5.92 Å². The maximum absolute atomic E-state index is 15.0. The van der Waals surface area contributed by atoms with E-state index in [-0.39, 0.29) is 48.3 Å². The Kier molecular flexibility index (Phi) is 10.7. The molecule has 1 aromatic rings. The van der Waals surface area contributed by atoms with Gasteiger partial charge in [0, 0.05) is 74.4 Å². The predicted molar refractivity (Wildman–Crippen MR) is 231 cm³/mol. The molecule has 17 atom stereocenters. The van der Waals surface area contributed by atoms with E-state index in [9.17, 15) is 40.5 Å². The van der Waals surface area contributed by atoms with Crippen molar-refractivity contribution in [1.82, 2.24) is 10.2 Å². The van der Waals surface area contributed by atoms with Crippen LogP contribution in [0.4, 0.5) is 0 Å². The summed E-state index contributed by atoms with van der Waals surface area (Å²) < 4.78 is 18.1. The van der Waals surface area contributed by atoms with Gasteiger partial charge in [-0.1, -0.05) is 31.9 Å². The lowest BCUT2D eigenvalue weighted by atomic mass is 9.39. The molecule has 5 aliphatic heterocycles. The lowest BCUT2D eigenvalue weighted by Gasteiger charge is -2.64. The molecule has 0 aromatic heterocycles. The van der Waals surface area contributed by atoms with Crippen molar-refractivity contribution in [1.29, 1.82) is 0 Å². The molecule has 7 bridgehead atoms. The average Bonchev–Trinajstić information content (AvgIpc) is 3.55. The summed E-state index contributed by atoms with van der Waals surface area (Å²) in [4.78, 5) is 31.4. The van der Waals surface area contributed by atoms with Crippen LogP contribution in [0.2, 0.25) is 0 Å². The standard InChI is InChI=1S/C50H68N2O12/c1-44-16-13-32(63-22-6-21-62-4)23-34(44)35(55)24-37-48(44)15-5-7-30-26-52(30)43(57)40-47(17-12-29(25-47)28-8-10-31(54)11-9-28)38-33(27-53)41(64-39(38)42(56)51-40)50(60,61)46(3,58)36-14-18-49(37,59)45(36,2)19-20-48/h8-11,24,29-30,32-34,36,38-42,51,53-54,56,58-61H,6-7,12-14,16-23,25-27H2,1-4H3/t29-,30+,32+,33-,34+,36+,38-,39+,40+,41+,42-,44+,45-,46+,47+,48+,49-,52?/m1/s1. The van der Waals surface area contributed by atoms with Crippen LogP contribution >= 0.6 is 0 Å². The van der Waals surface area contributed by atoms with Gasteiger partial charge in [0.25, 0.3) is 0 Å². The third-order valence-electron chi connectivity index (χ3n) is 19.4. The maximum Gasteiger partial charge on any atom is 0.240 e. The van der Waals surface area contributed by atoms with Gasteiger partial charge in [-0.2, -0.15) is 0 Å². The Morgan fingerprint density at radius 2 is 1.72 bits per heavy atom. The number of carbonyl (C=O) groups is 2. The second-order valence-electron chi connectivity index (χ2n) is 22.0. The lowest BCUT2D eigenvalue weighted by Crippen LogP contribution is -2.70. The summed E-state index contributed by atoms with van der Waals surface area (Å²) in [6.07, 6.45) is 3.21. The van der Waals surface area contributed by atoms with Crippen molar-refractivity contribution in [2.75, 3.05) is 33.5 Å². The topological polar surface area (TPSA) is 218 Å². The first-order chi connectivity index (χ1) is 30.3. The first-order valence-electron chi connectivity index (χ1n) is 23.9. The van der Waals surface area contributed by atoms with Crippen molar-refractivity contribution in [3.05, 3.63) is 41.5 Å². The van der Waals surface area contributed by atoms with Gasteiger partial charge < -0.3 is 54.9 Å². The molecule has 2 spiro atoms. The average molecular weight is 889 g/mol. The number of rotatable bonds is 7. The number of hydrogen-bond donors (Lipinski definition) is 8. The van der Waals surface area contributed by atoms with Crippen molar-refractivity contribution >= 4 is 11.7 Å². The Bertz CT molecular complexity index is 2130. The second-order valence-corrected chi connectivity index (χ2v) is 22.0. The molecule has 8 N–H and O–H groups in total. The van der Waals surface area contributed by atoms with Crippen LogP contribution in [0.1, 0.15) is 109 Å². The highest BCUT2D eigenvalue weighted by Gasteiger charge is 2.77. The minimum absolute atomic E-state index is 0.0464. The molecular weight excluding hydrogens is 821 g/mol. The zero-order valence-electron chi connectivity index (χ0n) is 37.7. The van der Waals surface area contributed by atoms with Crippen molar-refractivity contribution in [2.45, 2.75) is 157 Å². The number of ketones is 1. The van der Waals surface area contributed by atoms with E-state index in [0.29, 0.717) is 83.1 Å². The van der Waals surface area contributed by atoms with E-state index in [1.165, 1.54) is 6.92 Å². The van der Waals surface area contributed by atoms with Crippen LogP contribution < -0.4 is 5.32 Å². The number of piperidine rings is 1. The van der Waals surface area contributed by atoms with E-state index < -0.39 is 93.4 Å². The summed E-state index contributed by atoms with van der Waals surface area (Å²) >= 11 is 0. The smallest absolute Gasteiger partial charge is 0.240 e. The van der Waals surface area contributed by atoms with Gasteiger partial charge in [-0.25, -0.2) is 0 Å². The van der Waals surface area contributed by atoms with Gasteiger partial charge in [0.15, 0.2) is 5.78 Å². The third-order valence-corrected chi connectivity index (χ3v) is 19.4. The number of ether oxygens (including phenoxy) is 3. The van der Waals surface area contributed by atoms with E-state index in [0.717, 1.165) is 12.0 Å². The van der Waals surface area contributed by atoms with Crippen LogP contribution in [-0.2, 0) is 23.8 Å². The molecule has 14 nitrogen and oxygen atoms in total. The summed E-state index contributed by atoms with van der Waals surface area (Å²) in [6.45, 7) is 6.38. The molecule has 0 unspecified atom stereocenters. The van der Waals surface area contributed by atoms with E-state index >= 15 is 4.79 Å². The number of fused-ring (bicyclic) bond motifs is 4. The monoisotopic (exact) mass is 888 g/mol. The maximum atomic E-state index is 15.0. The van der Waals surface area contributed by atoms with E-state index in [2.05, 4.69) is 24.1 Å². The summed E-state index contributed by atoms with van der Waals surface area (Å²) in [6, 6.07) is 5.90. The van der Waals surface area contributed by atoms with Crippen molar-refractivity contribution in [3.63, 3.8) is 0 Å². The number of aromatic hydroxyl groups is 1. The van der Waals surface area contributed by atoms with Crippen LogP contribution in [0, 0.1) is 57.2 Å². The van der Waals surface area contributed by atoms with Gasteiger partial charge >= 0.3 is 0 Å². The summed E-state index contributed by atoms with van der Waals surface area (Å²) in [5.74, 6) is 0.958. The molecule has 5 heterocycles. The fraction of sp³-hybridized carbons (Fsp3) is 0.760. The minimum atomic E-state index is -3.02. The first kappa shape index (κ1) is 44.9. The van der Waals surface area contributed by atoms with Crippen molar-refractivity contribution < 1.29 is 59.5 Å². The molecule has 0 radical (unpaired) electrons. The highest BCUT2D eigenvalue weighted by atomic mass is 16.6. The lowest BCUT2D eigenvalue weighted by molar-refractivity contribution is -0.345. The van der Waals surface area contributed by atoms with Crippen LogP contribution in [0.25, 0.3) is 0 Å². The molecule has 4 saturated carbocycles. The van der Waals surface area contributed by atoms with E-state index in [1.54, 1.807) is 30.2 Å². The number of benzene rings is 1. The Hall–Kier alpha value is -2.94. The number of nitrogens with one attached hydrogen (secondary N) is 1. The number of phenols is 1. The van der Waals surface area contributed by atoms with Crippen molar-refractivity contribution in [2.24, 2.45) is 45.3 Å². The Labute approximate surface area is 375 Å². The number of aliphatic hydroxyl groups is 6. The summed E-state index contributed by atoms with van der Waals surface area (Å²) in [5.41, 5.74) is -6.17. The normalized spacial score (nSPS) is 48.8. The predicted octanol–water partition coefficient (Wildman–Crippen LogP) is 2.64. The Balaban J connectivity index is 1.08. The quantitative estimate of drug-likeness (QED) is 0.0857. The van der Waals surface area contributed by atoms with Crippen LogP contribution in [0.3, 0.4) is 0 Å². The molecule has 350 valence electrons. The number of methoxy groups -OCH3 is 1. The van der Waals surface area contributed by atoms with Crippen LogP contribution in [-0.4, -0.2) is 139 Å². The number of phenolic OH excluding ortho intramolecular Hbond substituents is 1. The fourth-order valence-electron chi connectivity index (χ4n) is 15.8. The first-order valence-corrected chi connectivity index (χ1v) is 23.9. The summed E-state index contributed by atoms with van der Waals surface area (Å²) in [5, 5.41) is 88.4. The molecule has 14 heteroatoms. The molecule has 5 aliphatic carbocycles. The molecule has 11 rings (SSSR count). The minimum Gasteiger partial charge on any atom is -0.508 e. The number of aliphatic hydroxyl groups excluding tert-OH is 2. The Morgan fingerprint density at radius 1 is 0.953 bits per heavy atom. The highest BCUT2D eigenvalue weighted by molar-refractivity contribution is 5.96. The fourth-order valence-corrected chi connectivity index (χ4v) is 15.8. The molecule has 1 amide bonds. The van der Waals surface area contributed by atoms with Gasteiger partial charge in [0.2, 0.25) is 11.7 Å². The summed E-state index contributed by atoms with van der Waals surface area (Å²) in [7, 11) is 1.66. The van der Waals surface area contributed by atoms with Crippen LogP contribution in [0.15, 0.2) is 35.9 Å². The van der Waals surface area contributed by atoms with Crippen LogP contribution in [0.5, 0.6) is 5.75 Å². The zero-order valence-corrected chi connectivity index (χ0v) is 37.7. The molecule has 64 heavy (non-hydrogen) atoms. The number of nitrogens with zero attached hydrogens (tertiary/aromatic N) is 1. The van der Waals surface area contributed by atoms with Gasteiger partial charge in [-0.05, 0) is 118 Å². The number of carbonyl (C=O) groups excluding carboxylic acids is 2. The largest absolute Gasteiger partial charge is 0.508 e. The van der Waals surface area contributed by atoms with Gasteiger partial charge in [0.05, 0.1) is 29.2 Å². The molecular formula is C50H68N2O12. The molecule has 7 fully saturated rings. The number of amides is 1. The zero-order chi connectivity index (χ0) is 45.4. The molecule has 10 aliphatic rings. The van der Waals surface area contributed by atoms with Gasteiger partial charge in [0.1, 0.15) is 29.8 Å². The molecule has 1 aromatic carbocycles. The number of allylic oxidation sites excluding steroid dienone is 1. The van der Waals surface area contributed by atoms with Crippen molar-refractivity contribution in [3.8, 4) is 17.6 Å². The van der Waals surface area contributed by atoms with Gasteiger partial charge in [-0.3, -0.25) is 14.9 Å². The SMILES string of the molecule is COCCCO[C@H]1CC[C@@]2(C)[C@@H](C1)C(=O)C=C1[C@]3(O)CC[C@@H]4[C@](C)(O)C(O)(O)[C@H]5O[C@H]6[C@@H]([C@H]5CO)[C@@]5(CC[C@@H](c7ccc(O)cc7)C5)[C@@H](N[C@@H]6O)C(=O)N5C[C@@H]5CC#C[C@]12CC[C@]43C. The highest BCUT2D eigenvalue weighted by Crippen LogP contribution is 2.74. The third kappa shape index (κ3) is 6.07. The van der Waals surface area contributed by atoms with E-state index in [4.69, 9.17) is 14.2 Å². The van der Waals surface area contributed by atoms with E-state index in [1.807, 2.05) is 19.1 Å².